The van der Waals surface area contributed by atoms with Crippen LogP contribution in [0.3, 0.4) is 0 Å². The monoisotopic (exact) mass is 772 g/mol. The highest BCUT2D eigenvalue weighted by Crippen LogP contribution is 2.47. The van der Waals surface area contributed by atoms with Crippen LogP contribution in [0.5, 0.6) is 0 Å². The molecule has 0 spiro atoms. The highest BCUT2D eigenvalue weighted by Gasteiger charge is 2.51. The van der Waals surface area contributed by atoms with Crippen molar-refractivity contribution < 1.29 is 63.1 Å². The molecule has 0 radical (unpaired) electrons. The van der Waals surface area contributed by atoms with Crippen molar-refractivity contribution in [3.8, 4) is 0 Å². The number of phosphoric ester groups is 1. The second kappa shape index (κ2) is 29.9. The van der Waals surface area contributed by atoms with Gasteiger partial charge in [0.2, 0.25) is 0 Å². The van der Waals surface area contributed by atoms with E-state index < -0.39 is 75.7 Å². The predicted molar refractivity (Wildman–Crippen MR) is 202 cm³/mol. The molecule has 0 aromatic heterocycles. The minimum atomic E-state index is -5.13. The van der Waals surface area contributed by atoms with E-state index >= 15 is 0 Å². The highest BCUT2D eigenvalue weighted by atomic mass is 31.2. The van der Waals surface area contributed by atoms with E-state index in [4.69, 9.17) is 18.5 Å². The molecule has 14 heteroatoms. The fourth-order valence-corrected chi connectivity index (χ4v) is 6.22. The second-order valence-electron chi connectivity index (χ2n) is 13.0. The standard InChI is InChI=1S/C39H65O13P/c1-3-5-7-9-11-13-15-16-18-20-22-24-26-28-33(41)51-31(29-49-32(40)27-25-23-21-19-17-14-12-10-8-6-4-2)30-50-53(47,48)52-39-37(45)35(43)34(42)36(44)38(39)46/h6,8,12,14,16,18-19,21-22,24,31,34-39,42-46H,3-5,7,9-11,13,15,17,20,23,25-30H2,1-2H3,(H,47,48)/b8-6+,14-12+,18-16+,21-19+,24-22+/t31?,34?,35-,36?,37?,38?,39?/m1/s1. The molecule has 0 aliphatic heterocycles. The number of aliphatic hydroxyl groups is 5. The minimum Gasteiger partial charge on any atom is -0.462 e. The molecular weight excluding hydrogens is 707 g/mol. The van der Waals surface area contributed by atoms with Crippen LogP contribution in [0.1, 0.15) is 117 Å². The Bertz CT molecular complexity index is 1170. The van der Waals surface area contributed by atoms with Gasteiger partial charge in [0.1, 0.15) is 43.2 Å². The summed E-state index contributed by atoms with van der Waals surface area (Å²) in [5.41, 5.74) is 0. The van der Waals surface area contributed by atoms with Crippen molar-refractivity contribution in [1.29, 1.82) is 0 Å². The van der Waals surface area contributed by atoms with Gasteiger partial charge in [0.15, 0.2) is 6.10 Å². The van der Waals surface area contributed by atoms with Gasteiger partial charge in [0.05, 0.1) is 6.61 Å². The summed E-state index contributed by atoms with van der Waals surface area (Å²) in [4.78, 5) is 35.3. The van der Waals surface area contributed by atoms with Gasteiger partial charge in [-0.25, -0.2) is 4.57 Å². The summed E-state index contributed by atoms with van der Waals surface area (Å²) in [7, 11) is -5.13. The van der Waals surface area contributed by atoms with E-state index in [9.17, 15) is 44.6 Å². The zero-order valence-electron chi connectivity index (χ0n) is 31.5. The molecule has 7 unspecified atom stereocenters. The van der Waals surface area contributed by atoms with Crippen molar-refractivity contribution in [2.24, 2.45) is 0 Å². The summed E-state index contributed by atoms with van der Waals surface area (Å²) >= 11 is 0. The summed E-state index contributed by atoms with van der Waals surface area (Å²) < 4.78 is 33.1. The SMILES string of the molecule is CC/C=C/C/C=C/C/C=C/CCCC(=O)OCC(COP(=O)(O)OC1C(O)C(O)C(O)[C@@H](O)C1O)OC(=O)CC/C=C/C/C=C/CCCCCCCC. The number of phosphoric acid groups is 1. The third-order valence-electron chi connectivity index (χ3n) is 8.36. The number of rotatable bonds is 29. The van der Waals surface area contributed by atoms with Crippen molar-refractivity contribution in [2.45, 2.75) is 159 Å². The van der Waals surface area contributed by atoms with Gasteiger partial charge < -0.3 is 39.9 Å². The molecular formula is C39H65O13P. The quantitative estimate of drug-likeness (QED) is 0.0229. The van der Waals surface area contributed by atoms with Crippen LogP contribution in [0.2, 0.25) is 0 Å². The number of allylic oxidation sites excluding steroid dienone is 10. The molecule has 13 nitrogen and oxygen atoms in total. The molecule has 8 atom stereocenters. The van der Waals surface area contributed by atoms with Gasteiger partial charge in [-0.05, 0) is 57.8 Å². The zero-order valence-corrected chi connectivity index (χ0v) is 32.4. The summed E-state index contributed by atoms with van der Waals surface area (Å²) in [6.45, 7) is 3.02. The lowest BCUT2D eigenvalue weighted by molar-refractivity contribution is -0.220. The molecule has 1 aliphatic rings. The molecule has 6 N–H and O–H groups in total. The average Bonchev–Trinajstić information content (AvgIpc) is 3.13. The van der Waals surface area contributed by atoms with Gasteiger partial charge in [0.25, 0.3) is 0 Å². The van der Waals surface area contributed by atoms with Gasteiger partial charge in [-0.3, -0.25) is 18.6 Å². The molecule has 53 heavy (non-hydrogen) atoms. The Morgan fingerprint density at radius 3 is 1.72 bits per heavy atom. The first-order chi connectivity index (χ1) is 25.4. The van der Waals surface area contributed by atoms with E-state index in [0.29, 0.717) is 19.3 Å². The van der Waals surface area contributed by atoms with Gasteiger partial charge in [-0.2, -0.15) is 0 Å². The topological polar surface area (TPSA) is 210 Å². The molecule has 0 bridgehead atoms. The van der Waals surface area contributed by atoms with Crippen molar-refractivity contribution in [2.75, 3.05) is 13.2 Å². The molecule has 0 heterocycles. The van der Waals surface area contributed by atoms with Crippen molar-refractivity contribution in [1.82, 2.24) is 0 Å². The van der Waals surface area contributed by atoms with Crippen LogP contribution >= 0.6 is 7.82 Å². The number of aliphatic hydroxyl groups excluding tert-OH is 5. The Morgan fingerprint density at radius 1 is 0.604 bits per heavy atom. The normalized spacial score (nSPS) is 24.2. The summed E-state index contributed by atoms with van der Waals surface area (Å²) in [5, 5.41) is 49.9. The van der Waals surface area contributed by atoms with E-state index in [0.717, 1.165) is 32.1 Å². The van der Waals surface area contributed by atoms with Crippen LogP contribution in [0.4, 0.5) is 0 Å². The Labute approximate surface area is 315 Å². The fraction of sp³-hybridized carbons (Fsp3) is 0.692. The Morgan fingerprint density at radius 2 is 1.11 bits per heavy atom. The Hall–Kier alpha value is -2.45. The number of hydrogen-bond donors (Lipinski definition) is 6. The molecule has 1 aliphatic carbocycles. The maximum atomic E-state index is 12.7. The van der Waals surface area contributed by atoms with Crippen LogP contribution in [0.15, 0.2) is 60.8 Å². The Balaban J connectivity index is 2.64. The predicted octanol–water partition coefficient (Wildman–Crippen LogP) is 5.82. The largest absolute Gasteiger partial charge is 0.472 e. The Kier molecular flexibility index (Phi) is 27.4. The lowest BCUT2D eigenvalue weighted by atomic mass is 9.85. The molecule has 0 aromatic rings. The first-order valence-electron chi connectivity index (χ1n) is 19.1. The number of carbonyl (C=O) groups is 2. The van der Waals surface area contributed by atoms with E-state index in [1.165, 1.54) is 38.5 Å². The third-order valence-corrected chi connectivity index (χ3v) is 9.34. The highest BCUT2D eigenvalue weighted by molar-refractivity contribution is 7.47. The second-order valence-corrected chi connectivity index (χ2v) is 14.4. The first-order valence-corrected chi connectivity index (χ1v) is 20.6. The van der Waals surface area contributed by atoms with E-state index in [1.54, 1.807) is 0 Å². The summed E-state index contributed by atoms with van der Waals surface area (Å²) in [6.07, 6.45) is 20.5. The summed E-state index contributed by atoms with van der Waals surface area (Å²) in [5.74, 6) is -1.25. The molecule has 304 valence electrons. The maximum Gasteiger partial charge on any atom is 0.472 e. The van der Waals surface area contributed by atoms with E-state index in [1.807, 2.05) is 24.3 Å². The number of unbranched alkanes of at least 4 members (excludes halogenated alkanes) is 7. The summed E-state index contributed by atoms with van der Waals surface area (Å²) in [6, 6.07) is 0. The van der Waals surface area contributed by atoms with Gasteiger partial charge in [0, 0.05) is 12.8 Å². The van der Waals surface area contributed by atoms with Crippen LogP contribution in [0, 0.1) is 0 Å². The first kappa shape index (κ1) is 48.6. The van der Waals surface area contributed by atoms with Gasteiger partial charge >= 0.3 is 19.8 Å². The molecule has 0 amide bonds. The molecule has 0 aromatic carbocycles. The number of hydrogen-bond acceptors (Lipinski definition) is 12. The third kappa shape index (κ3) is 23.2. The van der Waals surface area contributed by atoms with Crippen molar-refractivity contribution in [3.05, 3.63) is 60.8 Å². The van der Waals surface area contributed by atoms with Gasteiger partial charge in [-0.15, -0.1) is 0 Å². The molecule has 1 fully saturated rings. The van der Waals surface area contributed by atoms with E-state index in [2.05, 4.69) is 50.3 Å². The fourth-order valence-electron chi connectivity index (χ4n) is 5.24. The van der Waals surface area contributed by atoms with Crippen LogP contribution in [-0.2, 0) is 32.7 Å². The van der Waals surface area contributed by atoms with Crippen molar-refractivity contribution >= 4 is 19.8 Å². The van der Waals surface area contributed by atoms with Crippen LogP contribution in [0.25, 0.3) is 0 Å². The van der Waals surface area contributed by atoms with Crippen LogP contribution < -0.4 is 0 Å². The number of esters is 2. The average molecular weight is 773 g/mol. The van der Waals surface area contributed by atoms with Crippen LogP contribution in [-0.4, -0.2) is 98.3 Å². The smallest absolute Gasteiger partial charge is 0.462 e. The molecule has 1 rings (SSSR count). The molecule has 1 saturated carbocycles. The zero-order chi connectivity index (χ0) is 39.3. The molecule has 0 saturated heterocycles. The number of carbonyl (C=O) groups excluding carboxylic acids is 2. The van der Waals surface area contributed by atoms with Gasteiger partial charge in [-0.1, -0.05) is 107 Å². The maximum absolute atomic E-state index is 12.7. The van der Waals surface area contributed by atoms with E-state index in [-0.39, 0.29) is 12.8 Å². The lowest BCUT2D eigenvalue weighted by Crippen LogP contribution is -2.64. The minimum absolute atomic E-state index is 0.0226. The van der Waals surface area contributed by atoms with Crippen molar-refractivity contribution in [3.63, 3.8) is 0 Å². The lowest BCUT2D eigenvalue weighted by Gasteiger charge is -2.41. The number of ether oxygens (including phenoxy) is 2.